The van der Waals surface area contributed by atoms with Crippen molar-refractivity contribution in [3.8, 4) is 0 Å². The Balaban J connectivity index is 1.12. The second-order valence-corrected chi connectivity index (χ2v) is 31.0. The zero-order valence-electron chi connectivity index (χ0n) is 57.2. The lowest BCUT2D eigenvalue weighted by Crippen LogP contribution is -2.56. The molecule has 2 aromatic carbocycles. The summed E-state index contributed by atoms with van der Waals surface area (Å²) >= 11 is 1.38. The fourth-order valence-electron chi connectivity index (χ4n) is 12.4. The van der Waals surface area contributed by atoms with Crippen LogP contribution in [-0.4, -0.2) is 208 Å². The van der Waals surface area contributed by atoms with Crippen molar-refractivity contribution < 1.29 is 86.7 Å². The van der Waals surface area contributed by atoms with Crippen LogP contribution in [-0.2, 0) is 90.9 Å². The molecule has 0 radical (unpaired) electrons. The van der Waals surface area contributed by atoms with Crippen molar-refractivity contribution in [3.63, 3.8) is 0 Å². The lowest BCUT2D eigenvalue weighted by Gasteiger charge is -2.32. The van der Waals surface area contributed by atoms with Crippen LogP contribution in [0.4, 0.5) is 5.69 Å². The molecule has 3 aromatic rings. The number of amides is 11. The van der Waals surface area contributed by atoms with Gasteiger partial charge in [-0.1, -0.05) is 99.1 Å². The molecule has 2 bridgehead atoms. The third-order valence-corrected chi connectivity index (χ3v) is 21.1. The molecule has 5 heterocycles. The number of imide groups is 1. The number of fused-ring (bicyclic) bond motifs is 5. The Labute approximate surface area is 580 Å². The van der Waals surface area contributed by atoms with Crippen LogP contribution in [0.5, 0.6) is 0 Å². The number of hydrogen-bond donors (Lipinski definition) is 12. The number of hydrogen-bond acceptors (Lipinski definition) is 19. The summed E-state index contributed by atoms with van der Waals surface area (Å²) in [5, 5.41) is 53.1. The molecule has 540 valence electrons. The van der Waals surface area contributed by atoms with Crippen molar-refractivity contribution in [1.29, 1.82) is 0 Å². The van der Waals surface area contributed by atoms with E-state index in [1.165, 1.54) is 30.8 Å². The third kappa shape index (κ3) is 20.9. The average molecular weight is 1420 g/mol. The SMILES string of the molecule is CC[C@H](C)[C@@H]1NC(=O)CNC(=O)[C@H]2CC(=O)[C@H]([C@@H](C)[C@@H](O)CO)NC(=O)[C@@H]3C[C@@H](O)CN3C(=O)[C@H](CC(=O)NCc3ccc(NC(=O)[C@H](C)CC(=O)[C@@H](NC(=O)CCN4C(=O)CC(SC(C)(C)C)C4=O)C(C)C)cc3)CC(=O)[C@H](CS(=O)c3[nH]c4ccccc4c3C2)NC(=O)CNC1=O. The van der Waals surface area contributed by atoms with Crippen LogP contribution in [0.3, 0.4) is 0 Å². The number of aromatic nitrogens is 1. The molecule has 2 unspecified atom stereocenters. The molecule has 29 nitrogen and oxygen atoms in total. The lowest BCUT2D eigenvalue weighted by atomic mass is 9.85. The minimum absolute atomic E-state index is 0.0346. The number of thioether (sulfide) groups is 1. The number of Topliss-reactive ketones (excluding diaryl/α,β-unsaturated/α-hetero) is 3. The topological polar surface area (TPSA) is 435 Å². The number of para-hydroxylation sites is 1. The van der Waals surface area contributed by atoms with Crippen molar-refractivity contribution in [2.45, 2.75) is 184 Å². The van der Waals surface area contributed by atoms with Gasteiger partial charge in [0.25, 0.3) is 0 Å². The standard InChI is InChI=1S/C68H93N11O18S2/c1-10-35(4)59-64(94)71-29-55(88)73-46-33-99(97)65-44(43-13-11-12-14-45(43)74-65)22-39(62(92)70-30-56(89)76-59)23-50(84)60(37(6)51(85)32-80)77-63(93)47-26-42(81)31-79(47)66(95)40(24-48(46)82)25-54(87)69-28-38-15-17-41(18-16-38)72-61(91)36(5)21-49(83)58(34(2)3)75-53(86)19-20-78-57(90)27-52(67(78)96)98-68(7,8)9/h11-18,34-37,39-40,42,46-47,51-52,58-60,74,80-81,85H,10,19-33H2,1-9H3,(H,69,87)(H,70,92)(H,71,94)(H,72,91)(H,73,88)(H,75,86)(H,76,89)(H,77,93)/t35-,36+,37-,39+,40-,42+,46-,47-,51-,52?,58-,59-,60-,99?/m0/s1. The monoisotopic (exact) mass is 1420 g/mol. The average Bonchev–Trinajstić information content (AvgIpc) is 1.67. The smallest absolute Gasteiger partial charge is 0.243 e. The number of anilines is 1. The summed E-state index contributed by atoms with van der Waals surface area (Å²) in [6.07, 6.45) is -6.22. The minimum atomic E-state index is -2.32. The zero-order valence-corrected chi connectivity index (χ0v) is 58.8. The van der Waals surface area contributed by atoms with Gasteiger partial charge >= 0.3 is 0 Å². The Bertz CT molecular complexity index is 3590. The first-order valence-electron chi connectivity index (χ1n) is 33.4. The number of aliphatic hydroxyl groups excluding tert-OH is 3. The first-order valence-corrected chi connectivity index (χ1v) is 35.6. The molecule has 7 rings (SSSR count). The number of carbonyl (C=O) groups excluding carboxylic acids is 14. The summed E-state index contributed by atoms with van der Waals surface area (Å²) in [5.41, 5.74) is 1.42. The summed E-state index contributed by atoms with van der Waals surface area (Å²) in [5.74, 6) is -17.2. The molecule has 0 aliphatic carbocycles. The highest BCUT2D eigenvalue weighted by Crippen LogP contribution is 2.35. The molecule has 4 aliphatic heterocycles. The Morgan fingerprint density at radius 3 is 2.10 bits per heavy atom. The minimum Gasteiger partial charge on any atom is -0.394 e. The summed E-state index contributed by atoms with van der Waals surface area (Å²) in [7, 11) is -2.32. The maximum Gasteiger partial charge on any atom is 0.243 e. The van der Waals surface area contributed by atoms with E-state index < -0.39 is 216 Å². The first kappa shape index (κ1) is 78.1. The summed E-state index contributed by atoms with van der Waals surface area (Å²) < 4.78 is 14.8. The Kier molecular flexibility index (Phi) is 27.4. The molecule has 12 N–H and O–H groups in total. The second kappa shape index (κ2) is 34.7. The number of rotatable bonds is 20. The third-order valence-electron chi connectivity index (χ3n) is 18.3. The van der Waals surface area contributed by atoms with Gasteiger partial charge in [-0.2, -0.15) is 0 Å². The zero-order chi connectivity index (χ0) is 72.9. The van der Waals surface area contributed by atoms with Crippen LogP contribution < -0.4 is 42.5 Å². The maximum atomic E-state index is 15.1. The highest BCUT2D eigenvalue weighted by Gasteiger charge is 2.46. The van der Waals surface area contributed by atoms with Crippen LogP contribution in [0.2, 0.25) is 0 Å². The van der Waals surface area contributed by atoms with E-state index in [1.807, 2.05) is 20.8 Å². The Hall–Kier alpha value is -8.26. The molecule has 31 heteroatoms. The van der Waals surface area contributed by atoms with Crippen LogP contribution in [0.1, 0.15) is 125 Å². The number of nitrogens with one attached hydrogen (secondary N) is 9. The first-order chi connectivity index (χ1) is 46.7. The fraction of sp³-hybridized carbons (Fsp3) is 0.588. The number of aromatic amines is 1. The molecule has 11 amide bonds. The predicted octanol–water partition coefficient (Wildman–Crippen LogP) is 0.110. The molecule has 1 aromatic heterocycles. The van der Waals surface area contributed by atoms with E-state index >= 15 is 13.8 Å². The van der Waals surface area contributed by atoms with Gasteiger partial charge in [-0.3, -0.25) is 76.2 Å². The molecular weight excluding hydrogens is 1320 g/mol. The van der Waals surface area contributed by atoms with E-state index in [-0.39, 0.29) is 71.8 Å². The lowest BCUT2D eigenvalue weighted by molar-refractivity contribution is -0.145. The van der Waals surface area contributed by atoms with E-state index in [1.54, 1.807) is 71.0 Å². The number of carbonyl (C=O) groups is 14. The largest absolute Gasteiger partial charge is 0.394 e. The van der Waals surface area contributed by atoms with Crippen LogP contribution in [0.25, 0.3) is 10.9 Å². The number of aliphatic hydroxyl groups is 3. The number of ketones is 3. The molecule has 4 aliphatic rings. The van der Waals surface area contributed by atoms with Gasteiger partial charge in [0.05, 0.1) is 77.8 Å². The molecule has 99 heavy (non-hydrogen) atoms. The van der Waals surface area contributed by atoms with Crippen molar-refractivity contribution >= 4 is 121 Å². The Morgan fingerprint density at radius 2 is 1.44 bits per heavy atom. The highest BCUT2D eigenvalue weighted by molar-refractivity contribution is 8.01. The number of benzene rings is 2. The number of likely N-dealkylation sites (tertiary alicyclic amines) is 1. The van der Waals surface area contributed by atoms with E-state index in [0.29, 0.717) is 28.6 Å². The second-order valence-electron chi connectivity index (χ2n) is 27.5. The van der Waals surface area contributed by atoms with E-state index in [4.69, 9.17) is 0 Å². The summed E-state index contributed by atoms with van der Waals surface area (Å²) in [6, 6.07) is 5.57. The molecule has 14 atom stereocenters. The van der Waals surface area contributed by atoms with Crippen molar-refractivity contribution in [2.24, 2.45) is 35.5 Å². The van der Waals surface area contributed by atoms with Crippen LogP contribution >= 0.6 is 11.8 Å². The maximum absolute atomic E-state index is 15.1. The normalized spacial score (nSPS) is 25.1. The molecule has 0 spiro atoms. The van der Waals surface area contributed by atoms with Gasteiger partial charge in [0.1, 0.15) is 17.1 Å². The van der Waals surface area contributed by atoms with Crippen LogP contribution in [0.15, 0.2) is 53.6 Å². The molecule has 2 fully saturated rings. The van der Waals surface area contributed by atoms with Gasteiger partial charge in [0, 0.05) is 104 Å². The molecule has 2 saturated heterocycles. The summed E-state index contributed by atoms with van der Waals surface area (Å²) in [4.78, 5) is 201. The van der Waals surface area contributed by atoms with Crippen LogP contribution in [0, 0.1) is 35.5 Å². The summed E-state index contributed by atoms with van der Waals surface area (Å²) in [6.45, 7) is 12.4. The van der Waals surface area contributed by atoms with Gasteiger partial charge in [-0.05, 0) is 47.6 Å². The van der Waals surface area contributed by atoms with E-state index in [0.717, 1.165) is 9.80 Å². The van der Waals surface area contributed by atoms with Crippen molar-refractivity contribution in [1.82, 2.24) is 52.0 Å². The van der Waals surface area contributed by atoms with Gasteiger partial charge in [-0.25, -0.2) is 0 Å². The molecule has 0 saturated carbocycles. The quantitative estimate of drug-likeness (QED) is 0.0668. The number of H-pyrrole nitrogens is 1. The van der Waals surface area contributed by atoms with Gasteiger partial charge < -0.3 is 67.7 Å². The molecular formula is C68H93N11O18S2. The van der Waals surface area contributed by atoms with Crippen molar-refractivity contribution in [3.05, 3.63) is 59.7 Å². The predicted molar refractivity (Wildman–Crippen MR) is 363 cm³/mol. The van der Waals surface area contributed by atoms with Gasteiger partial charge in [-0.15, -0.1) is 11.8 Å². The van der Waals surface area contributed by atoms with Gasteiger partial charge in [0.2, 0.25) is 65.0 Å². The van der Waals surface area contributed by atoms with Gasteiger partial charge in [0.15, 0.2) is 17.3 Å². The van der Waals surface area contributed by atoms with Crippen molar-refractivity contribution in [2.75, 3.05) is 43.9 Å². The Morgan fingerprint density at radius 1 is 0.778 bits per heavy atom. The van der Waals surface area contributed by atoms with E-state index in [2.05, 4.69) is 47.5 Å². The fourth-order valence-corrected chi connectivity index (χ4v) is 15.2. The van der Waals surface area contributed by atoms with E-state index in [9.17, 15) is 72.9 Å². The number of nitrogens with zero attached hydrogens (tertiary/aromatic N) is 2. The highest BCUT2D eigenvalue weighted by atomic mass is 32.2.